The molecule has 2 rings (SSSR count). The highest BCUT2D eigenvalue weighted by Crippen LogP contribution is 2.30. The summed E-state index contributed by atoms with van der Waals surface area (Å²) in [6.45, 7) is 4.05. The topological polar surface area (TPSA) is 59.1 Å². The summed E-state index contributed by atoms with van der Waals surface area (Å²) >= 11 is 0. The van der Waals surface area contributed by atoms with E-state index in [0.29, 0.717) is 5.75 Å². The lowest BCUT2D eigenvalue weighted by Gasteiger charge is -2.16. The molecule has 1 atom stereocenters. The molecule has 5 nitrogen and oxygen atoms in total. The number of halogens is 3. The average molecular weight is 354 g/mol. The summed E-state index contributed by atoms with van der Waals surface area (Å²) < 4.78 is 44.5. The van der Waals surface area contributed by atoms with E-state index >= 15 is 0 Å². The summed E-state index contributed by atoms with van der Waals surface area (Å²) in [6.07, 6.45) is -3.81. The maximum absolute atomic E-state index is 13.1. The SMILES string of the molecule is CC[C@H](C)Nc1nc(NCc2ccccc2OC)cc(C(F)(F)F)n1. The predicted molar refractivity (Wildman–Crippen MR) is 90.7 cm³/mol. The maximum atomic E-state index is 13.1. The van der Waals surface area contributed by atoms with Crippen LogP contribution >= 0.6 is 0 Å². The number of anilines is 2. The highest BCUT2D eigenvalue weighted by atomic mass is 19.4. The van der Waals surface area contributed by atoms with Crippen LogP contribution in [-0.2, 0) is 12.7 Å². The van der Waals surface area contributed by atoms with Gasteiger partial charge in [0.25, 0.3) is 0 Å². The summed E-state index contributed by atoms with van der Waals surface area (Å²) in [7, 11) is 1.54. The normalized spacial score (nSPS) is 12.6. The minimum atomic E-state index is -4.55. The molecule has 0 radical (unpaired) electrons. The van der Waals surface area contributed by atoms with E-state index in [9.17, 15) is 13.2 Å². The number of aromatic nitrogens is 2. The maximum Gasteiger partial charge on any atom is 0.433 e. The molecule has 0 aliphatic heterocycles. The van der Waals surface area contributed by atoms with Crippen molar-refractivity contribution < 1.29 is 17.9 Å². The van der Waals surface area contributed by atoms with Gasteiger partial charge in [-0.05, 0) is 19.4 Å². The van der Waals surface area contributed by atoms with Crippen LogP contribution in [0.15, 0.2) is 30.3 Å². The quantitative estimate of drug-likeness (QED) is 0.775. The number of nitrogens with zero attached hydrogens (tertiary/aromatic N) is 2. The highest BCUT2D eigenvalue weighted by Gasteiger charge is 2.33. The molecule has 2 aromatic rings. The van der Waals surface area contributed by atoms with Crippen LogP contribution in [-0.4, -0.2) is 23.1 Å². The molecule has 0 spiro atoms. The average Bonchev–Trinajstić information content (AvgIpc) is 2.59. The number of hydrogen-bond acceptors (Lipinski definition) is 5. The van der Waals surface area contributed by atoms with Gasteiger partial charge in [-0.3, -0.25) is 0 Å². The van der Waals surface area contributed by atoms with Crippen molar-refractivity contribution in [3.8, 4) is 5.75 Å². The Morgan fingerprint density at radius 1 is 1.20 bits per heavy atom. The minimum absolute atomic E-state index is 0.0365. The summed E-state index contributed by atoms with van der Waals surface area (Å²) in [5.41, 5.74) is -0.176. The van der Waals surface area contributed by atoms with E-state index in [0.717, 1.165) is 18.1 Å². The standard InChI is InChI=1S/C17H21F3N4O/c1-4-11(2)22-16-23-14(17(18,19)20)9-15(24-16)21-10-12-7-5-6-8-13(12)25-3/h5-9,11H,4,10H2,1-3H3,(H2,21,22,23,24)/t11-/m0/s1. The Morgan fingerprint density at radius 2 is 1.92 bits per heavy atom. The fraction of sp³-hybridized carbons (Fsp3) is 0.412. The lowest BCUT2D eigenvalue weighted by molar-refractivity contribution is -0.141. The van der Waals surface area contributed by atoms with Gasteiger partial charge in [-0.2, -0.15) is 18.2 Å². The zero-order valence-corrected chi connectivity index (χ0v) is 14.3. The van der Waals surface area contributed by atoms with Crippen LogP contribution in [0.3, 0.4) is 0 Å². The molecule has 0 aliphatic rings. The van der Waals surface area contributed by atoms with Crippen LogP contribution in [0.25, 0.3) is 0 Å². The molecule has 1 heterocycles. The van der Waals surface area contributed by atoms with Crippen molar-refractivity contribution in [1.82, 2.24) is 9.97 Å². The van der Waals surface area contributed by atoms with Crippen LogP contribution in [0, 0.1) is 0 Å². The van der Waals surface area contributed by atoms with Gasteiger partial charge in [-0.1, -0.05) is 25.1 Å². The van der Waals surface area contributed by atoms with Gasteiger partial charge in [0.15, 0.2) is 5.69 Å². The van der Waals surface area contributed by atoms with Crippen molar-refractivity contribution in [1.29, 1.82) is 0 Å². The molecule has 1 aromatic heterocycles. The number of alkyl halides is 3. The number of nitrogens with one attached hydrogen (secondary N) is 2. The number of para-hydroxylation sites is 1. The van der Waals surface area contributed by atoms with Crippen molar-refractivity contribution in [2.45, 2.75) is 39.0 Å². The molecule has 0 saturated carbocycles. The van der Waals surface area contributed by atoms with E-state index < -0.39 is 11.9 Å². The van der Waals surface area contributed by atoms with E-state index in [1.807, 2.05) is 32.0 Å². The molecule has 8 heteroatoms. The van der Waals surface area contributed by atoms with Crippen molar-refractivity contribution in [3.05, 3.63) is 41.6 Å². The largest absolute Gasteiger partial charge is 0.496 e. The number of hydrogen-bond donors (Lipinski definition) is 2. The third-order valence-corrected chi connectivity index (χ3v) is 3.66. The van der Waals surface area contributed by atoms with Crippen LogP contribution in [0.1, 0.15) is 31.5 Å². The number of ether oxygens (including phenoxy) is 1. The van der Waals surface area contributed by atoms with E-state index in [1.165, 1.54) is 0 Å². The highest BCUT2D eigenvalue weighted by molar-refractivity contribution is 5.45. The molecular formula is C17H21F3N4O. The van der Waals surface area contributed by atoms with Crippen molar-refractivity contribution in [3.63, 3.8) is 0 Å². The first-order valence-corrected chi connectivity index (χ1v) is 7.92. The molecule has 1 aromatic carbocycles. The van der Waals surface area contributed by atoms with E-state index in [-0.39, 0.29) is 24.4 Å². The second-order valence-electron chi connectivity index (χ2n) is 5.58. The van der Waals surface area contributed by atoms with Gasteiger partial charge < -0.3 is 15.4 Å². The molecule has 0 amide bonds. The zero-order valence-electron chi connectivity index (χ0n) is 14.3. The summed E-state index contributed by atoms with van der Waals surface area (Å²) in [5.74, 6) is 0.698. The van der Waals surface area contributed by atoms with E-state index in [1.54, 1.807) is 13.2 Å². The molecule has 0 aliphatic carbocycles. The van der Waals surface area contributed by atoms with Crippen molar-refractivity contribution in [2.75, 3.05) is 17.7 Å². The Kier molecular flexibility index (Phi) is 6.06. The van der Waals surface area contributed by atoms with Gasteiger partial charge in [0.1, 0.15) is 11.6 Å². The monoisotopic (exact) mass is 354 g/mol. The Hall–Kier alpha value is -2.51. The molecule has 136 valence electrons. The molecule has 0 bridgehead atoms. The third kappa shape index (κ3) is 5.23. The van der Waals surface area contributed by atoms with Gasteiger partial charge >= 0.3 is 6.18 Å². The predicted octanol–water partition coefficient (Wildman–Crippen LogP) is 4.33. The van der Waals surface area contributed by atoms with Crippen molar-refractivity contribution in [2.24, 2.45) is 0 Å². The molecule has 0 unspecified atom stereocenters. The first-order chi connectivity index (χ1) is 11.8. The molecule has 25 heavy (non-hydrogen) atoms. The van der Waals surface area contributed by atoms with Gasteiger partial charge in [0.05, 0.1) is 7.11 Å². The lowest BCUT2D eigenvalue weighted by Crippen LogP contribution is -2.19. The van der Waals surface area contributed by atoms with Gasteiger partial charge in [0.2, 0.25) is 5.95 Å². The van der Waals surface area contributed by atoms with Crippen LogP contribution in [0.4, 0.5) is 24.9 Å². The summed E-state index contributed by atoms with van der Waals surface area (Å²) in [5, 5.41) is 5.79. The third-order valence-electron chi connectivity index (χ3n) is 3.66. The Labute approximate surface area is 144 Å². The lowest BCUT2D eigenvalue weighted by atomic mass is 10.2. The molecule has 0 fully saturated rings. The number of benzene rings is 1. The summed E-state index contributed by atoms with van der Waals surface area (Å²) in [4.78, 5) is 7.70. The van der Waals surface area contributed by atoms with Crippen LogP contribution < -0.4 is 15.4 Å². The molecule has 2 N–H and O–H groups in total. The van der Waals surface area contributed by atoms with Crippen LogP contribution in [0.5, 0.6) is 5.75 Å². The Balaban J connectivity index is 2.25. The second-order valence-corrected chi connectivity index (χ2v) is 5.58. The van der Waals surface area contributed by atoms with Crippen molar-refractivity contribution >= 4 is 11.8 Å². The first kappa shape index (κ1) is 18.8. The summed E-state index contributed by atoms with van der Waals surface area (Å²) in [6, 6.07) is 8.13. The van der Waals surface area contributed by atoms with Crippen LogP contribution in [0.2, 0.25) is 0 Å². The molecular weight excluding hydrogens is 333 g/mol. The molecule has 0 saturated heterocycles. The second kappa shape index (κ2) is 8.04. The minimum Gasteiger partial charge on any atom is -0.496 e. The zero-order chi connectivity index (χ0) is 18.4. The number of methoxy groups -OCH3 is 1. The Morgan fingerprint density at radius 3 is 2.56 bits per heavy atom. The van der Waals surface area contributed by atoms with E-state index in [4.69, 9.17) is 4.74 Å². The fourth-order valence-corrected chi connectivity index (χ4v) is 2.10. The van der Waals surface area contributed by atoms with Gasteiger partial charge in [0, 0.05) is 24.2 Å². The van der Waals surface area contributed by atoms with Gasteiger partial charge in [-0.25, -0.2) is 4.98 Å². The smallest absolute Gasteiger partial charge is 0.433 e. The van der Waals surface area contributed by atoms with Gasteiger partial charge in [-0.15, -0.1) is 0 Å². The first-order valence-electron chi connectivity index (χ1n) is 7.92. The Bertz CT molecular complexity index is 707. The van der Waals surface area contributed by atoms with E-state index in [2.05, 4.69) is 20.6 Å². The fourth-order valence-electron chi connectivity index (χ4n) is 2.10. The number of rotatable bonds is 7.